The monoisotopic (exact) mass is 490 g/mol. The second kappa shape index (κ2) is 11.8. The summed E-state index contributed by atoms with van der Waals surface area (Å²) in [7, 11) is 0. The third kappa shape index (κ3) is 6.00. The molecule has 0 atom stereocenters. The van der Waals surface area contributed by atoms with Crippen molar-refractivity contribution in [3.8, 4) is 22.3 Å². The van der Waals surface area contributed by atoms with Gasteiger partial charge in [0.2, 0.25) is 0 Å². The molecule has 0 aliphatic rings. The Morgan fingerprint density at radius 2 is 0.763 bits per heavy atom. The predicted molar refractivity (Wildman–Crippen MR) is 159 cm³/mol. The van der Waals surface area contributed by atoms with Gasteiger partial charge in [0, 0.05) is 11.1 Å². The van der Waals surface area contributed by atoms with E-state index in [2.05, 4.69) is 91.0 Å². The lowest BCUT2D eigenvalue weighted by Crippen LogP contribution is -1.86. The highest BCUT2D eigenvalue weighted by atomic mass is 16.1. The molecule has 5 aromatic rings. The van der Waals surface area contributed by atoms with Gasteiger partial charge in [0.25, 0.3) is 0 Å². The third-order valence-electron chi connectivity index (χ3n) is 6.47. The molecule has 182 valence electrons. The van der Waals surface area contributed by atoms with E-state index in [1.807, 2.05) is 54.6 Å². The fourth-order valence-electron chi connectivity index (χ4n) is 4.28. The van der Waals surface area contributed by atoms with Crippen LogP contribution in [0.25, 0.3) is 46.6 Å². The molecule has 0 amide bonds. The van der Waals surface area contributed by atoms with E-state index in [1.54, 1.807) is 0 Å². The van der Waals surface area contributed by atoms with Crippen LogP contribution in [0.1, 0.15) is 43.0 Å². The van der Waals surface area contributed by atoms with Crippen LogP contribution >= 0.6 is 0 Å². The van der Waals surface area contributed by atoms with Crippen molar-refractivity contribution in [2.75, 3.05) is 0 Å². The van der Waals surface area contributed by atoms with Crippen molar-refractivity contribution >= 4 is 36.9 Å². The number of benzene rings is 5. The molecule has 38 heavy (non-hydrogen) atoms. The van der Waals surface area contributed by atoms with E-state index in [9.17, 15) is 9.59 Å². The molecule has 0 unspecified atom stereocenters. The molecule has 2 nitrogen and oxygen atoms in total. The van der Waals surface area contributed by atoms with Gasteiger partial charge in [-0.15, -0.1) is 0 Å². The number of carbonyl (C=O) groups is 2. The van der Waals surface area contributed by atoms with Crippen molar-refractivity contribution in [3.63, 3.8) is 0 Å². The van der Waals surface area contributed by atoms with Crippen LogP contribution in [-0.2, 0) is 0 Å². The minimum Gasteiger partial charge on any atom is -0.298 e. The maximum Gasteiger partial charge on any atom is 0.150 e. The molecule has 0 bridgehead atoms. The first-order valence-electron chi connectivity index (χ1n) is 12.5. The van der Waals surface area contributed by atoms with Crippen LogP contribution in [0.2, 0.25) is 0 Å². The second-order valence-corrected chi connectivity index (χ2v) is 9.02. The Morgan fingerprint density at radius 1 is 0.342 bits per heavy atom. The van der Waals surface area contributed by atoms with E-state index in [-0.39, 0.29) is 0 Å². The molecule has 0 radical (unpaired) electrons. The number of hydrogen-bond acceptors (Lipinski definition) is 2. The maximum atomic E-state index is 11.0. The summed E-state index contributed by atoms with van der Waals surface area (Å²) in [5.41, 5.74) is 10.2. The minimum absolute atomic E-state index is 0.660. The van der Waals surface area contributed by atoms with Crippen LogP contribution < -0.4 is 0 Å². The van der Waals surface area contributed by atoms with Crippen molar-refractivity contribution in [2.24, 2.45) is 0 Å². The highest BCUT2D eigenvalue weighted by Crippen LogP contribution is 2.28. The van der Waals surface area contributed by atoms with E-state index in [0.717, 1.165) is 46.0 Å². The van der Waals surface area contributed by atoms with Crippen LogP contribution in [0.4, 0.5) is 0 Å². The minimum atomic E-state index is 0.660. The molecule has 0 aromatic heterocycles. The fourth-order valence-corrected chi connectivity index (χ4v) is 4.28. The molecule has 0 fully saturated rings. The first kappa shape index (κ1) is 24.6. The molecule has 5 rings (SSSR count). The quantitative estimate of drug-likeness (QED) is 0.161. The summed E-state index contributed by atoms with van der Waals surface area (Å²) in [5, 5.41) is 0. The Bertz CT molecular complexity index is 1590. The number of rotatable bonds is 8. The van der Waals surface area contributed by atoms with E-state index >= 15 is 0 Å². The largest absolute Gasteiger partial charge is 0.298 e. The lowest BCUT2D eigenvalue weighted by molar-refractivity contribution is 0.111. The van der Waals surface area contributed by atoms with Crippen LogP contribution in [0.15, 0.2) is 121 Å². The van der Waals surface area contributed by atoms with Crippen LogP contribution in [0, 0.1) is 0 Å². The van der Waals surface area contributed by atoms with Gasteiger partial charge in [-0.3, -0.25) is 9.59 Å². The average molecular weight is 491 g/mol. The summed E-state index contributed by atoms with van der Waals surface area (Å²) >= 11 is 0. The summed E-state index contributed by atoms with van der Waals surface area (Å²) in [5.74, 6) is 0. The predicted octanol–water partition coefficient (Wildman–Crippen LogP) is 8.99. The molecule has 5 aromatic carbocycles. The van der Waals surface area contributed by atoms with E-state index < -0.39 is 0 Å². The molecule has 0 heterocycles. The van der Waals surface area contributed by atoms with Gasteiger partial charge in [-0.2, -0.15) is 0 Å². The Labute approximate surface area is 223 Å². The second-order valence-electron chi connectivity index (χ2n) is 9.02. The summed E-state index contributed by atoms with van der Waals surface area (Å²) in [4.78, 5) is 22.0. The summed E-state index contributed by atoms with van der Waals surface area (Å²) in [6.45, 7) is 0. The number of aldehydes is 2. The SMILES string of the molecule is O=Cc1ccc(C=Cc2ccc(-c3ccc(-c4ccccc4)cc3)cc2C=Cc2ccc(C=O)cc2)cc1. The van der Waals surface area contributed by atoms with Crippen molar-refractivity contribution in [1.29, 1.82) is 0 Å². The summed E-state index contributed by atoms with van der Waals surface area (Å²) in [6, 6.07) is 40.5. The van der Waals surface area contributed by atoms with Gasteiger partial charge in [0.1, 0.15) is 12.6 Å². The highest BCUT2D eigenvalue weighted by Gasteiger charge is 2.04. The van der Waals surface area contributed by atoms with Crippen LogP contribution in [0.5, 0.6) is 0 Å². The normalized spacial score (nSPS) is 11.2. The molecule has 0 N–H and O–H groups in total. The zero-order chi connectivity index (χ0) is 26.2. The molecule has 0 spiro atoms. The standard InChI is InChI=1S/C36H26O2/c37-25-29-10-6-27(7-11-29)14-16-33-22-23-36(24-35(33)17-15-28-8-12-30(26-38)13-9-28)34-20-18-32(19-21-34)31-4-2-1-3-5-31/h1-26H. The Hall–Kier alpha value is -5.08. The molecular weight excluding hydrogens is 464 g/mol. The van der Waals surface area contributed by atoms with Crippen LogP contribution in [0.3, 0.4) is 0 Å². The Balaban J connectivity index is 1.48. The Morgan fingerprint density at radius 3 is 1.29 bits per heavy atom. The van der Waals surface area contributed by atoms with Gasteiger partial charge >= 0.3 is 0 Å². The van der Waals surface area contributed by atoms with Gasteiger partial charge < -0.3 is 0 Å². The smallest absolute Gasteiger partial charge is 0.150 e. The van der Waals surface area contributed by atoms with Gasteiger partial charge in [-0.1, -0.05) is 140 Å². The van der Waals surface area contributed by atoms with Crippen LogP contribution in [-0.4, -0.2) is 12.6 Å². The van der Waals surface area contributed by atoms with Gasteiger partial charge in [0.15, 0.2) is 0 Å². The van der Waals surface area contributed by atoms with Gasteiger partial charge in [0.05, 0.1) is 0 Å². The fraction of sp³-hybridized carbons (Fsp3) is 0. The van der Waals surface area contributed by atoms with Crippen molar-refractivity contribution < 1.29 is 9.59 Å². The van der Waals surface area contributed by atoms with E-state index in [0.29, 0.717) is 11.1 Å². The third-order valence-corrected chi connectivity index (χ3v) is 6.47. The first-order chi connectivity index (χ1) is 18.7. The van der Waals surface area contributed by atoms with E-state index in [1.165, 1.54) is 11.1 Å². The molecular formula is C36H26O2. The van der Waals surface area contributed by atoms with Crippen molar-refractivity contribution in [1.82, 2.24) is 0 Å². The summed E-state index contributed by atoms with van der Waals surface area (Å²) < 4.78 is 0. The average Bonchev–Trinajstić information content (AvgIpc) is 3.00. The molecule has 0 aliphatic carbocycles. The van der Waals surface area contributed by atoms with Crippen molar-refractivity contribution in [2.45, 2.75) is 0 Å². The lowest BCUT2D eigenvalue weighted by atomic mass is 9.96. The zero-order valence-corrected chi connectivity index (χ0v) is 20.8. The molecule has 2 heteroatoms. The summed E-state index contributed by atoms with van der Waals surface area (Å²) in [6.07, 6.45) is 10.0. The maximum absolute atomic E-state index is 11.0. The molecule has 0 saturated heterocycles. The zero-order valence-electron chi connectivity index (χ0n) is 20.8. The van der Waals surface area contributed by atoms with Gasteiger partial charge in [-0.25, -0.2) is 0 Å². The van der Waals surface area contributed by atoms with E-state index in [4.69, 9.17) is 0 Å². The Kier molecular flexibility index (Phi) is 7.62. The molecule has 0 saturated carbocycles. The lowest BCUT2D eigenvalue weighted by Gasteiger charge is -2.09. The van der Waals surface area contributed by atoms with Gasteiger partial charge in [-0.05, 0) is 50.6 Å². The highest BCUT2D eigenvalue weighted by molar-refractivity contribution is 5.84. The molecule has 0 aliphatic heterocycles. The number of hydrogen-bond donors (Lipinski definition) is 0. The topological polar surface area (TPSA) is 34.1 Å². The first-order valence-corrected chi connectivity index (χ1v) is 12.5. The van der Waals surface area contributed by atoms with Crippen molar-refractivity contribution in [3.05, 3.63) is 155 Å². The number of carbonyl (C=O) groups excluding carboxylic acids is 2.